The van der Waals surface area contributed by atoms with Gasteiger partial charge in [0.05, 0.1) is 6.10 Å². The summed E-state index contributed by atoms with van der Waals surface area (Å²) in [5.41, 5.74) is 1.30. The molecule has 6 heteroatoms. The molecule has 1 aliphatic rings. The van der Waals surface area contributed by atoms with E-state index in [0.717, 1.165) is 5.82 Å². The maximum Gasteiger partial charge on any atom is 0.254 e. The van der Waals surface area contributed by atoms with Crippen LogP contribution in [-0.2, 0) is 0 Å². The molecule has 0 radical (unpaired) electrons. The normalized spacial score (nSPS) is 17.1. The molecule has 2 aromatic heterocycles. The van der Waals surface area contributed by atoms with E-state index >= 15 is 0 Å². The molecule has 0 atom stereocenters. The van der Waals surface area contributed by atoms with Crippen LogP contribution in [-0.4, -0.2) is 49.7 Å². The van der Waals surface area contributed by atoms with Crippen molar-refractivity contribution in [2.45, 2.75) is 25.9 Å². The Morgan fingerprint density at radius 3 is 2.84 bits per heavy atom. The van der Waals surface area contributed by atoms with Crippen LogP contribution in [0.25, 0.3) is 5.65 Å². The third-order valence-electron chi connectivity index (χ3n) is 3.58. The van der Waals surface area contributed by atoms with E-state index in [2.05, 4.69) is 10.2 Å². The fourth-order valence-corrected chi connectivity index (χ4v) is 2.39. The number of aliphatic hydroxyl groups excluding tert-OH is 1. The molecule has 0 bridgehead atoms. The van der Waals surface area contributed by atoms with Gasteiger partial charge in [-0.15, -0.1) is 10.2 Å². The van der Waals surface area contributed by atoms with Gasteiger partial charge in [-0.1, -0.05) is 0 Å². The molecule has 6 nitrogen and oxygen atoms in total. The molecule has 0 spiro atoms. The highest BCUT2D eigenvalue weighted by Crippen LogP contribution is 2.15. The average molecular weight is 260 g/mol. The van der Waals surface area contributed by atoms with Crippen molar-refractivity contribution >= 4 is 11.6 Å². The van der Waals surface area contributed by atoms with Crippen molar-refractivity contribution in [2.24, 2.45) is 0 Å². The van der Waals surface area contributed by atoms with E-state index in [0.29, 0.717) is 37.1 Å². The summed E-state index contributed by atoms with van der Waals surface area (Å²) in [5.74, 6) is 0.796. The molecular weight excluding hydrogens is 244 g/mol. The predicted octanol–water partition coefficient (Wildman–Crippen LogP) is 0.635. The second-order valence-electron chi connectivity index (χ2n) is 4.91. The lowest BCUT2D eigenvalue weighted by Gasteiger charge is -2.29. The van der Waals surface area contributed by atoms with Gasteiger partial charge in [0, 0.05) is 24.8 Å². The number of hydrogen-bond acceptors (Lipinski definition) is 4. The second kappa shape index (κ2) is 4.62. The maximum absolute atomic E-state index is 12.3. The van der Waals surface area contributed by atoms with E-state index in [9.17, 15) is 9.90 Å². The molecule has 0 aromatic carbocycles. The maximum atomic E-state index is 12.3. The molecular formula is C13H16N4O2. The first kappa shape index (κ1) is 12.1. The van der Waals surface area contributed by atoms with E-state index < -0.39 is 0 Å². The molecule has 1 N–H and O–H groups in total. The lowest BCUT2D eigenvalue weighted by Crippen LogP contribution is -2.40. The number of fused-ring (bicyclic) bond motifs is 1. The van der Waals surface area contributed by atoms with Crippen molar-refractivity contribution in [1.82, 2.24) is 19.5 Å². The highest BCUT2D eigenvalue weighted by atomic mass is 16.3. The van der Waals surface area contributed by atoms with Crippen molar-refractivity contribution in [2.75, 3.05) is 13.1 Å². The van der Waals surface area contributed by atoms with Gasteiger partial charge >= 0.3 is 0 Å². The van der Waals surface area contributed by atoms with Crippen molar-refractivity contribution in [3.8, 4) is 0 Å². The number of carbonyl (C=O) groups excluding carboxylic acids is 1. The Labute approximate surface area is 110 Å². The first-order valence-corrected chi connectivity index (χ1v) is 6.44. The number of carbonyl (C=O) groups is 1. The fraction of sp³-hybridized carbons (Fsp3) is 0.462. The summed E-state index contributed by atoms with van der Waals surface area (Å²) < 4.78 is 1.84. The first-order valence-electron chi connectivity index (χ1n) is 6.44. The number of aromatic nitrogens is 3. The zero-order valence-corrected chi connectivity index (χ0v) is 10.8. The molecule has 1 saturated heterocycles. The Hall–Kier alpha value is -1.95. The van der Waals surface area contributed by atoms with Crippen LogP contribution in [0.15, 0.2) is 18.3 Å². The number of amides is 1. The smallest absolute Gasteiger partial charge is 0.254 e. The number of aryl methyl sites for hydroxylation is 1. The molecule has 0 unspecified atom stereocenters. The predicted molar refractivity (Wildman–Crippen MR) is 68.9 cm³/mol. The molecule has 3 rings (SSSR count). The third kappa shape index (κ3) is 2.19. The van der Waals surface area contributed by atoms with Gasteiger partial charge in [-0.2, -0.15) is 0 Å². The minimum Gasteiger partial charge on any atom is -0.393 e. The summed E-state index contributed by atoms with van der Waals surface area (Å²) in [7, 11) is 0. The van der Waals surface area contributed by atoms with Gasteiger partial charge < -0.3 is 10.0 Å². The van der Waals surface area contributed by atoms with Gasteiger partial charge in [-0.25, -0.2) is 0 Å². The fourth-order valence-electron chi connectivity index (χ4n) is 2.39. The monoisotopic (exact) mass is 260 g/mol. The van der Waals surface area contributed by atoms with Crippen LogP contribution < -0.4 is 0 Å². The summed E-state index contributed by atoms with van der Waals surface area (Å²) in [6.07, 6.45) is 2.85. The van der Waals surface area contributed by atoms with Gasteiger partial charge in [0.15, 0.2) is 5.65 Å². The van der Waals surface area contributed by atoms with Gasteiger partial charge in [0.25, 0.3) is 5.91 Å². The van der Waals surface area contributed by atoms with Gasteiger partial charge in [-0.05, 0) is 31.9 Å². The lowest BCUT2D eigenvalue weighted by molar-refractivity contribution is 0.0546. The van der Waals surface area contributed by atoms with Gasteiger partial charge in [-0.3, -0.25) is 9.20 Å². The van der Waals surface area contributed by atoms with Crippen LogP contribution in [0, 0.1) is 6.92 Å². The van der Waals surface area contributed by atoms with Gasteiger partial charge in [0.2, 0.25) is 0 Å². The molecule has 1 amide bonds. The third-order valence-corrected chi connectivity index (χ3v) is 3.58. The van der Waals surface area contributed by atoms with Crippen molar-refractivity contribution in [3.63, 3.8) is 0 Å². The Morgan fingerprint density at radius 1 is 1.37 bits per heavy atom. The molecule has 0 aliphatic carbocycles. The molecule has 100 valence electrons. The van der Waals surface area contributed by atoms with E-state index in [4.69, 9.17) is 0 Å². The summed E-state index contributed by atoms with van der Waals surface area (Å²) in [4.78, 5) is 14.1. The highest BCUT2D eigenvalue weighted by Gasteiger charge is 2.22. The van der Waals surface area contributed by atoms with E-state index in [1.807, 2.05) is 17.5 Å². The van der Waals surface area contributed by atoms with Crippen molar-refractivity contribution < 1.29 is 9.90 Å². The number of likely N-dealkylation sites (tertiary alicyclic amines) is 1. The average Bonchev–Trinajstić information content (AvgIpc) is 2.80. The Balaban J connectivity index is 1.85. The van der Waals surface area contributed by atoms with E-state index in [1.165, 1.54) is 0 Å². The topological polar surface area (TPSA) is 70.7 Å². The zero-order valence-electron chi connectivity index (χ0n) is 10.8. The lowest BCUT2D eigenvalue weighted by atomic mass is 10.1. The number of hydrogen-bond donors (Lipinski definition) is 1. The number of rotatable bonds is 1. The number of aliphatic hydroxyl groups is 1. The van der Waals surface area contributed by atoms with Crippen LogP contribution in [0.5, 0.6) is 0 Å². The standard InChI is InChI=1S/C13H16N4O2/c1-9-14-15-12-8-10(2-7-17(9)12)13(19)16-5-3-11(18)4-6-16/h2,7-8,11,18H,3-6H2,1H3. The number of pyridine rings is 1. The number of nitrogens with zero attached hydrogens (tertiary/aromatic N) is 4. The molecule has 1 aliphatic heterocycles. The van der Waals surface area contributed by atoms with Crippen LogP contribution in [0.3, 0.4) is 0 Å². The summed E-state index contributed by atoms with van der Waals surface area (Å²) in [6.45, 7) is 3.08. The quantitative estimate of drug-likeness (QED) is 0.816. The second-order valence-corrected chi connectivity index (χ2v) is 4.91. The van der Waals surface area contributed by atoms with Crippen molar-refractivity contribution in [1.29, 1.82) is 0 Å². The summed E-state index contributed by atoms with van der Waals surface area (Å²) >= 11 is 0. The molecule has 0 saturated carbocycles. The summed E-state index contributed by atoms with van der Waals surface area (Å²) in [6, 6.07) is 3.55. The summed E-state index contributed by atoms with van der Waals surface area (Å²) in [5, 5.41) is 17.5. The minimum absolute atomic E-state index is 0.00458. The molecule has 3 heterocycles. The van der Waals surface area contributed by atoms with Crippen LogP contribution in [0.1, 0.15) is 29.0 Å². The van der Waals surface area contributed by atoms with E-state index in [-0.39, 0.29) is 12.0 Å². The van der Waals surface area contributed by atoms with Crippen LogP contribution in [0.4, 0.5) is 0 Å². The molecule has 19 heavy (non-hydrogen) atoms. The Morgan fingerprint density at radius 2 is 2.11 bits per heavy atom. The van der Waals surface area contributed by atoms with Crippen molar-refractivity contribution in [3.05, 3.63) is 29.7 Å². The Bertz CT molecular complexity index is 614. The molecule has 1 fully saturated rings. The Kier molecular flexibility index (Phi) is 2.94. The van der Waals surface area contributed by atoms with Crippen LogP contribution in [0.2, 0.25) is 0 Å². The first-order chi connectivity index (χ1) is 9.15. The van der Waals surface area contributed by atoms with Crippen LogP contribution >= 0.6 is 0 Å². The minimum atomic E-state index is -0.273. The molecule has 2 aromatic rings. The number of piperidine rings is 1. The highest BCUT2D eigenvalue weighted by molar-refractivity contribution is 5.95. The zero-order chi connectivity index (χ0) is 13.4. The SMILES string of the molecule is Cc1nnc2cc(C(=O)N3CCC(O)CC3)ccn12. The van der Waals surface area contributed by atoms with Gasteiger partial charge in [0.1, 0.15) is 5.82 Å². The van der Waals surface area contributed by atoms with E-state index in [1.54, 1.807) is 17.0 Å². The largest absolute Gasteiger partial charge is 0.393 e.